The highest BCUT2D eigenvalue weighted by Crippen LogP contribution is 2.38. The maximum absolute atomic E-state index is 5.88. The van der Waals surface area contributed by atoms with E-state index in [9.17, 15) is 0 Å². The van der Waals surface area contributed by atoms with E-state index in [-0.39, 0.29) is 0 Å². The van der Waals surface area contributed by atoms with E-state index in [2.05, 4.69) is 13.8 Å². The molecule has 0 aliphatic heterocycles. The second kappa shape index (κ2) is 3.46. The molecule has 3 heteroatoms. The molecular formula is C8H11ClOS. The fourth-order valence-corrected chi connectivity index (χ4v) is 2.17. The summed E-state index contributed by atoms with van der Waals surface area (Å²) in [7, 11) is 1.65. The number of methoxy groups -OCH3 is 1. The molecule has 0 fully saturated rings. The predicted molar refractivity (Wildman–Crippen MR) is 50.0 cm³/mol. The lowest BCUT2D eigenvalue weighted by Crippen LogP contribution is -1.89. The van der Waals surface area contributed by atoms with Crippen molar-refractivity contribution in [3.8, 4) is 5.75 Å². The third-order valence-corrected chi connectivity index (χ3v) is 2.76. The number of halogens is 1. The van der Waals surface area contributed by atoms with Gasteiger partial charge in [0.15, 0.2) is 5.75 Å². The summed E-state index contributed by atoms with van der Waals surface area (Å²) in [5.74, 6) is 1.32. The molecule has 1 nitrogen and oxygen atoms in total. The topological polar surface area (TPSA) is 9.23 Å². The lowest BCUT2D eigenvalue weighted by molar-refractivity contribution is 0.410. The number of ether oxygens (including phenoxy) is 1. The molecule has 1 aromatic rings. The first-order chi connectivity index (χ1) is 5.16. The summed E-state index contributed by atoms with van der Waals surface area (Å²) in [6.45, 7) is 4.25. The summed E-state index contributed by atoms with van der Waals surface area (Å²) < 4.78 is 5.90. The van der Waals surface area contributed by atoms with Crippen LogP contribution in [0.4, 0.5) is 0 Å². The first-order valence-electron chi connectivity index (χ1n) is 3.47. The van der Waals surface area contributed by atoms with Crippen LogP contribution in [0.15, 0.2) is 5.38 Å². The minimum atomic E-state index is 0.480. The molecule has 0 bridgehead atoms. The van der Waals surface area contributed by atoms with Gasteiger partial charge in [0.25, 0.3) is 0 Å². The number of hydrogen-bond donors (Lipinski definition) is 0. The van der Waals surface area contributed by atoms with Gasteiger partial charge in [-0.3, -0.25) is 0 Å². The maximum atomic E-state index is 5.88. The summed E-state index contributed by atoms with van der Waals surface area (Å²) in [5, 5.41) is 2.05. The van der Waals surface area contributed by atoms with Gasteiger partial charge in [0.1, 0.15) is 4.34 Å². The zero-order valence-electron chi connectivity index (χ0n) is 6.85. The lowest BCUT2D eigenvalue weighted by atomic mass is 10.1. The summed E-state index contributed by atoms with van der Waals surface area (Å²) in [6, 6.07) is 0. The van der Waals surface area contributed by atoms with Crippen LogP contribution in [0, 0.1) is 0 Å². The van der Waals surface area contributed by atoms with Gasteiger partial charge in [-0.2, -0.15) is 0 Å². The zero-order chi connectivity index (χ0) is 8.43. The van der Waals surface area contributed by atoms with E-state index in [0.29, 0.717) is 5.92 Å². The van der Waals surface area contributed by atoms with E-state index < -0.39 is 0 Å². The van der Waals surface area contributed by atoms with E-state index in [0.717, 1.165) is 10.1 Å². The van der Waals surface area contributed by atoms with Crippen molar-refractivity contribution in [1.29, 1.82) is 0 Å². The second-order valence-corrected chi connectivity index (χ2v) is 4.13. The minimum Gasteiger partial charge on any atom is -0.494 e. The van der Waals surface area contributed by atoms with Crippen molar-refractivity contribution in [1.82, 2.24) is 0 Å². The summed E-state index contributed by atoms with van der Waals surface area (Å²) in [5.41, 5.74) is 1.20. The Morgan fingerprint density at radius 3 is 2.55 bits per heavy atom. The Morgan fingerprint density at radius 1 is 1.55 bits per heavy atom. The third kappa shape index (κ3) is 1.68. The molecule has 1 aromatic heterocycles. The highest BCUT2D eigenvalue weighted by molar-refractivity contribution is 7.15. The van der Waals surface area contributed by atoms with E-state index in [4.69, 9.17) is 16.3 Å². The van der Waals surface area contributed by atoms with Gasteiger partial charge in [-0.1, -0.05) is 25.4 Å². The molecule has 1 heterocycles. The van der Waals surface area contributed by atoms with Crippen molar-refractivity contribution in [3.05, 3.63) is 15.3 Å². The lowest BCUT2D eigenvalue weighted by Gasteiger charge is -2.05. The van der Waals surface area contributed by atoms with Crippen LogP contribution in [0.25, 0.3) is 0 Å². The summed E-state index contributed by atoms with van der Waals surface area (Å²) in [4.78, 5) is 0. The summed E-state index contributed by atoms with van der Waals surface area (Å²) in [6.07, 6.45) is 0. The normalized spacial score (nSPS) is 10.6. The van der Waals surface area contributed by atoms with Gasteiger partial charge in [0.05, 0.1) is 7.11 Å². The zero-order valence-corrected chi connectivity index (χ0v) is 8.42. The van der Waals surface area contributed by atoms with Gasteiger partial charge in [-0.25, -0.2) is 0 Å². The first kappa shape index (κ1) is 8.88. The van der Waals surface area contributed by atoms with Crippen molar-refractivity contribution in [2.75, 3.05) is 7.11 Å². The molecule has 0 aliphatic rings. The molecule has 11 heavy (non-hydrogen) atoms. The Morgan fingerprint density at radius 2 is 2.18 bits per heavy atom. The van der Waals surface area contributed by atoms with Gasteiger partial charge in [0.2, 0.25) is 0 Å². The molecule has 0 aromatic carbocycles. The summed E-state index contributed by atoms with van der Waals surface area (Å²) >= 11 is 7.41. The van der Waals surface area contributed by atoms with E-state index in [1.165, 1.54) is 16.9 Å². The van der Waals surface area contributed by atoms with E-state index >= 15 is 0 Å². The Bertz CT molecular complexity index is 242. The Labute approximate surface area is 75.9 Å². The van der Waals surface area contributed by atoms with Crippen LogP contribution in [0.1, 0.15) is 25.3 Å². The van der Waals surface area contributed by atoms with Crippen molar-refractivity contribution < 1.29 is 4.74 Å². The largest absolute Gasteiger partial charge is 0.494 e. The van der Waals surface area contributed by atoms with Crippen LogP contribution in [0.5, 0.6) is 5.75 Å². The SMILES string of the molecule is COc1c(C(C)C)csc1Cl. The Kier molecular flexibility index (Phi) is 2.79. The standard InChI is InChI=1S/C8H11ClOS/c1-5(2)6-4-11-8(9)7(6)10-3/h4-5H,1-3H3. The minimum absolute atomic E-state index is 0.480. The third-order valence-electron chi connectivity index (χ3n) is 1.56. The molecular weight excluding hydrogens is 180 g/mol. The van der Waals surface area contributed by atoms with Gasteiger partial charge < -0.3 is 4.74 Å². The average Bonchev–Trinajstić information content (AvgIpc) is 2.30. The fourth-order valence-electron chi connectivity index (χ4n) is 0.932. The van der Waals surface area contributed by atoms with Crippen molar-refractivity contribution >= 4 is 22.9 Å². The van der Waals surface area contributed by atoms with Crippen LogP contribution in [-0.2, 0) is 0 Å². The Balaban J connectivity index is 3.05. The molecule has 0 radical (unpaired) electrons. The number of hydrogen-bond acceptors (Lipinski definition) is 2. The smallest absolute Gasteiger partial charge is 0.151 e. The molecule has 0 spiro atoms. The molecule has 0 aliphatic carbocycles. The monoisotopic (exact) mass is 190 g/mol. The fraction of sp³-hybridized carbons (Fsp3) is 0.500. The second-order valence-electron chi connectivity index (χ2n) is 2.65. The van der Waals surface area contributed by atoms with Gasteiger partial charge in [0, 0.05) is 5.56 Å². The van der Waals surface area contributed by atoms with Crippen LogP contribution in [-0.4, -0.2) is 7.11 Å². The van der Waals surface area contributed by atoms with Crippen LogP contribution >= 0.6 is 22.9 Å². The highest BCUT2D eigenvalue weighted by Gasteiger charge is 2.12. The van der Waals surface area contributed by atoms with Gasteiger partial charge in [-0.05, 0) is 11.3 Å². The van der Waals surface area contributed by atoms with E-state index in [1.807, 2.05) is 5.38 Å². The molecule has 1 rings (SSSR count). The molecule has 0 saturated carbocycles. The predicted octanol–water partition coefficient (Wildman–Crippen LogP) is 3.53. The first-order valence-corrected chi connectivity index (χ1v) is 4.73. The van der Waals surface area contributed by atoms with Crippen molar-refractivity contribution in [2.45, 2.75) is 19.8 Å². The molecule has 0 unspecified atom stereocenters. The van der Waals surface area contributed by atoms with Gasteiger partial charge in [-0.15, -0.1) is 11.3 Å². The highest BCUT2D eigenvalue weighted by atomic mass is 35.5. The molecule has 0 atom stereocenters. The van der Waals surface area contributed by atoms with Crippen LogP contribution < -0.4 is 4.74 Å². The average molecular weight is 191 g/mol. The van der Waals surface area contributed by atoms with Crippen molar-refractivity contribution in [3.63, 3.8) is 0 Å². The maximum Gasteiger partial charge on any atom is 0.151 e. The molecule has 0 amide bonds. The molecule has 62 valence electrons. The van der Waals surface area contributed by atoms with Crippen molar-refractivity contribution in [2.24, 2.45) is 0 Å². The molecule has 0 saturated heterocycles. The molecule has 0 N–H and O–H groups in total. The van der Waals surface area contributed by atoms with Gasteiger partial charge >= 0.3 is 0 Å². The van der Waals surface area contributed by atoms with E-state index in [1.54, 1.807) is 7.11 Å². The van der Waals surface area contributed by atoms with Crippen LogP contribution in [0.3, 0.4) is 0 Å². The number of thiophene rings is 1. The quantitative estimate of drug-likeness (QED) is 0.694. The van der Waals surface area contributed by atoms with Crippen LogP contribution in [0.2, 0.25) is 4.34 Å². The number of rotatable bonds is 2. The Hall–Kier alpha value is -0.210.